The molecule has 2 rings (SSSR count). The molecule has 0 bridgehead atoms. The van der Waals surface area contributed by atoms with Crippen LogP contribution in [-0.4, -0.2) is 11.7 Å². The number of hydrogen-bond acceptors (Lipinski definition) is 1. The summed E-state index contributed by atoms with van der Waals surface area (Å²) in [6, 6.07) is 0. The molecule has 0 spiro atoms. The summed E-state index contributed by atoms with van der Waals surface area (Å²) in [5.41, 5.74) is 1.59. The molecule has 0 radical (unpaired) electrons. The highest BCUT2D eigenvalue weighted by atomic mass is 16.5. The fraction of sp³-hybridized carbons (Fsp3) is 0.692. The molecule has 78 valence electrons. The molecule has 14 heavy (non-hydrogen) atoms. The van der Waals surface area contributed by atoms with Gasteiger partial charge in [-0.1, -0.05) is 32.1 Å². The minimum atomic E-state index is -0.139. The highest BCUT2D eigenvalue weighted by molar-refractivity contribution is 5.35. The van der Waals surface area contributed by atoms with E-state index < -0.39 is 0 Å². The lowest BCUT2D eigenvalue weighted by Gasteiger charge is -2.46. The predicted octanol–water partition coefficient (Wildman–Crippen LogP) is 3.47. The highest BCUT2D eigenvalue weighted by Gasteiger charge is 2.42. The van der Waals surface area contributed by atoms with Crippen molar-refractivity contribution in [1.29, 1.82) is 0 Å². The van der Waals surface area contributed by atoms with E-state index in [0.29, 0.717) is 6.10 Å². The summed E-state index contributed by atoms with van der Waals surface area (Å²) < 4.78 is 6.06. The van der Waals surface area contributed by atoms with E-state index in [1.54, 1.807) is 0 Å². The van der Waals surface area contributed by atoms with Gasteiger partial charge in [0.25, 0.3) is 0 Å². The van der Waals surface area contributed by atoms with Gasteiger partial charge < -0.3 is 4.74 Å². The Labute approximate surface area is 86.8 Å². The maximum Gasteiger partial charge on any atom is 0.105 e. The monoisotopic (exact) mass is 192 g/mol. The molecule has 0 aromatic carbocycles. The average Bonchev–Trinajstić information content (AvgIpc) is 2.00. The van der Waals surface area contributed by atoms with Gasteiger partial charge in [0.2, 0.25) is 0 Å². The van der Waals surface area contributed by atoms with Gasteiger partial charge in [-0.2, -0.15) is 0 Å². The quantitative estimate of drug-likeness (QED) is 0.534. The first-order valence-corrected chi connectivity index (χ1v) is 5.51. The lowest BCUT2D eigenvalue weighted by Crippen LogP contribution is -2.43. The molecule has 0 fully saturated rings. The molecule has 0 N–H and O–H groups in total. The van der Waals surface area contributed by atoms with Gasteiger partial charge in [0, 0.05) is 0 Å². The van der Waals surface area contributed by atoms with Crippen molar-refractivity contribution in [3.05, 3.63) is 23.8 Å². The first kappa shape index (κ1) is 9.97. The first-order valence-electron chi connectivity index (χ1n) is 5.51. The Morgan fingerprint density at radius 3 is 2.79 bits per heavy atom. The normalized spacial score (nSPS) is 40.3. The summed E-state index contributed by atoms with van der Waals surface area (Å²) in [7, 11) is 0. The third kappa shape index (κ3) is 1.44. The van der Waals surface area contributed by atoms with Gasteiger partial charge in [0.05, 0.1) is 6.10 Å². The molecule has 2 unspecified atom stereocenters. The molecule has 1 aliphatic heterocycles. The molecule has 0 saturated carbocycles. The fourth-order valence-electron chi connectivity index (χ4n) is 2.78. The molecular formula is C13H20O. The molecule has 0 saturated heterocycles. The Morgan fingerprint density at radius 2 is 2.07 bits per heavy atom. The van der Waals surface area contributed by atoms with Crippen LogP contribution in [0.15, 0.2) is 23.8 Å². The van der Waals surface area contributed by atoms with Crippen molar-refractivity contribution in [2.75, 3.05) is 0 Å². The van der Waals surface area contributed by atoms with Crippen molar-refractivity contribution < 1.29 is 4.74 Å². The van der Waals surface area contributed by atoms with E-state index in [1.165, 1.54) is 5.57 Å². The Hall–Kier alpha value is -0.560. The van der Waals surface area contributed by atoms with Crippen LogP contribution in [0.3, 0.4) is 0 Å². The standard InChI is InChI=1S/C13H20O/c1-10-6-7-11-12(2,3)8-5-9-13(11,4)14-10/h5,7,9-10H,6,8H2,1-4H3. The van der Waals surface area contributed by atoms with Crippen LogP contribution in [-0.2, 0) is 4.74 Å². The van der Waals surface area contributed by atoms with Crippen LogP contribution >= 0.6 is 0 Å². The maximum atomic E-state index is 6.06. The van der Waals surface area contributed by atoms with Gasteiger partial charge in [-0.25, -0.2) is 0 Å². The Bertz CT molecular complexity index is 298. The second-order valence-electron chi connectivity index (χ2n) is 5.38. The van der Waals surface area contributed by atoms with Gasteiger partial charge in [-0.3, -0.25) is 0 Å². The van der Waals surface area contributed by atoms with Gasteiger partial charge in [0.1, 0.15) is 5.60 Å². The fourth-order valence-corrected chi connectivity index (χ4v) is 2.78. The second kappa shape index (κ2) is 2.96. The van der Waals surface area contributed by atoms with Crippen molar-refractivity contribution in [3.63, 3.8) is 0 Å². The zero-order valence-corrected chi connectivity index (χ0v) is 9.63. The minimum Gasteiger partial charge on any atom is -0.364 e. The predicted molar refractivity (Wildman–Crippen MR) is 59.2 cm³/mol. The molecule has 2 aliphatic rings. The van der Waals surface area contributed by atoms with E-state index in [0.717, 1.165) is 12.8 Å². The van der Waals surface area contributed by atoms with Crippen molar-refractivity contribution in [1.82, 2.24) is 0 Å². The minimum absolute atomic E-state index is 0.139. The molecule has 0 aromatic rings. The van der Waals surface area contributed by atoms with Crippen LogP contribution in [0.25, 0.3) is 0 Å². The SMILES string of the molecule is CC1CC=C2C(C)(C)CC=CC2(C)O1. The van der Waals surface area contributed by atoms with Crippen LogP contribution in [0.5, 0.6) is 0 Å². The third-order valence-corrected chi connectivity index (χ3v) is 3.43. The number of allylic oxidation sites excluding steroid dienone is 1. The molecule has 1 heterocycles. The molecule has 1 heteroatoms. The van der Waals surface area contributed by atoms with Crippen molar-refractivity contribution in [2.45, 2.75) is 52.2 Å². The lowest BCUT2D eigenvalue weighted by atomic mass is 9.68. The second-order valence-corrected chi connectivity index (χ2v) is 5.38. The van der Waals surface area contributed by atoms with Crippen molar-refractivity contribution in [2.24, 2.45) is 5.41 Å². The maximum absolute atomic E-state index is 6.06. The largest absolute Gasteiger partial charge is 0.364 e. The highest BCUT2D eigenvalue weighted by Crippen LogP contribution is 2.46. The van der Waals surface area contributed by atoms with Gasteiger partial charge in [-0.15, -0.1) is 0 Å². The molecule has 0 aromatic heterocycles. The van der Waals surface area contributed by atoms with E-state index in [4.69, 9.17) is 4.74 Å². The summed E-state index contributed by atoms with van der Waals surface area (Å²) in [4.78, 5) is 0. The molecule has 2 atom stereocenters. The molecule has 1 aliphatic carbocycles. The van der Waals surface area contributed by atoms with Gasteiger partial charge >= 0.3 is 0 Å². The first-order chi connectivity index (χ1) is 6.44. The molecule has 0 amide bonds. The van der Waals surface area contributed by atoms with E-state index in [9.17, 15) is 0 Å². The number of rotatable bonds is 0. The van der Waals surface area contributed by atoms with Crippen LogP contribution in [0.1, 0.15) is 40.5 Å². The third-order valence-electron chi connectivity index (χ3n) is 3.43. The summed E-state index contributed by atoms with van der Waals surface area (Å²) in [5, 5.41) is 0. The number of fused-ring (bicyclic) bond motifs is 1. The molecular weight excluding hydrogens is 172 g/mol. The van der Waals surface area contributed by atoms with E-state index in [-0.39, 0.29) is 11.0 Å². The number of ether oxygens (including phenoxy) is 1. The summed E-state index contributed by atoms with van der Waals surface area (Å²) in [5.74, 6) is 0. The number of hydrogen-bond donors (Lipinski definition) is 0. The van der Waals surface area contributed by atoms with Crippen LogP contribution in [0.4, 0.5) is 0 Å². The van der Waals surface area contributed by atoms with E-state index >= 15 is 0 Å². The Morgan fingerprint density at radius 1 is 1.36 bits per heavy atom. The van der Waals surface area contributed by atoms with Crippen molar-refractivity contribution >= 4 is 0 Å². The zero-order valence-electron chi connectivity index (χ0n) is 9.63. The summed E-state index contributed by atoms with van der Waals surface area (Å²) in [6.07, 6.45) is 9.41. The summed E-state index contributed by atoms with van der Waals surface area (Å²) in [6.45, 7) is 8.94. The lowest BCUT2D eigenvalue weighted by molar-refractivity contribution is -0.0433. The Kier molecular flexibility index (Phi) is 2.11. The zero-order chi connectivity index (χ0) is 10.4. The van der Waals surface area contributed by atoms with Crippen LogP contribution in [0, 0.1) is 5.41 Å². The van der Waals surface area contributed by atoms with Gasteiger partial charge in [0.15, 0.2) is 0 Å². The molecule has 1 nitrogen and oxygen atoms in total. The average molecular weight is 192 g/mol. The van der Waals surface area contributed by atoms with Crippen LogP contribution in [0.2, 0.25) is 0 Å². The topological polar surface area (TPSA) is 9.23 Å². The van der Waals surface area contributed by atoms with E-state index in [1.807, 2.05) is 0 Å². The smallest absolute Gasteiger partial charge is 0.105 e. The van der Waals surface area contributed by atoms with Gasteiger partial charge in [-0.05, 0) is 37.7 Å². The Balaban J connectivity index is 2.43. The van der Waals surface area contributed by atoms with E-state index in [2.05, 4.69) is 45.9 Å². The van der Waals surface area contributed by atoms with Crippen LogP contribution < -0.4 is 0 Å². The summed E-state index contributed by atoms with van der Waals surface area (Å²) >= 11 is 0. The van der Waals surface area contributed by atoms with Crippen molar-refractivity contribution in [3.8, 4) is 0 Å².